The number of halogens is 3. The van der Waals surface area contributed by atoms with E-state index < -0.39 is 5.97 Å². The Morgan fingerprint density at radius 3 is 2.69 bits per heavy atom. The molecule has 29 heavy (non-hydrogen) atoms. The Morgan fingerprint density at radius 1 is 1.34 bits per heavy atom. The molecule has 8 heteroatoms. The van der Waals surface area contributed by atoms with Crippen LogP contribution in [0.2, 0.25) is 10.3 Å². The van der Waals surface area contributed by atoms with Crippen molar-refractivity contribution in [2.75, 3.05) is 0 Å². The third kappa shape index (κ3) is 5.73. The molecule has 2 aromatic heterocycles. The highest BCUT2D eigenvalue weighted by Crippen LogP contribution is 2.42. The lowest BCUT2D eigenvalue weighted by Gasteiger charge is -2.18. The lowest BCUT2D eigenvalue weighted by atomic mass is 9.88. The summed E-state index contributed by atoms with van der Waals surface area (Å²) < 4.78 is 0. The van der Waals surface area contributed by atoms with Crippen LogP contribution in [-0.4, -0.2) is 27.5 Å². The molecule has 0 radical (unpaired) electrons. The highest BCUT2D eigenvalue weighted by molar-refractivity contribution is 7.13. The highest BCUT2D eigenvalue weighted by atomic mass is 35.5. The molecular weight excluding hydrogens is 451 g/mol. The van der Waals surface area contributed by atoms with Crippen molar-refractivity contribution in [2.45, 2.75) is 37.1 Å². The molecule has 1 saturated carbocycles. The Balaban J connectivity index is 1.67. The van der Waals surface area contributed by atoms with Gasteiger partial charge in [0.25, 0.3) is 0 Å². The van der Waals surface area contributed by atoms with Crippen molar-refractivity contribution in [3.63, 3.8) is 0 Å². The van der Waals surface area contributed by atoms with Crippen LogP contribution in [0.3, 0.4) is 0 Å². The average molecular weight is 470 g/mol. The summed E-state index contributed by atoms with van der Waals surface area (Å²) in [4.78, 5) is 20.2. The number of hydrogen-bond acceptors (Lipinski definition) is 3. The van der Waals surface area contributed by atoms with Gasteiger partial charge in [-0.05, 0) is 55.0 Å². The summed E-state index contributed by atoms with van der Waals surface area (Å²) in [5, 5.41) is 9.65. The van der Waals surface area contributed by atoms with E-state index in [1.165, 1.54) is 11.3 Å². The fourth-order valence-electron chi connectivity index (χ4n) is 3.81. The Bertz CT molecular complexity index is 933. The molecule has 0 bridgehead atoms. The standard InChI is InChI=1S/C21H19Cl3N2O2S/c1-25-17-11-16(22)14(4-2-3-13-6-8-18(29-13)21(27)28)15(17)7-5-12-9-19(23)26-20(24)10-12/h5-10,14-17H,2-4,11H2,(H,27,28)/t14-,15-,16-,17-/m1/s1. The predicted octanol–water partition coefficient (Wildman–Crippen LogP) is 6.72. The van der Waals surface area contributed by atoms with Gasteiger partial charge in [-0.25, -0.2) is 16.4 Å². The minimum absolute atomic E-state index is 0.0497. The van der Waals surface area contributed by atoms with Crippen molar-refractivity contribution in [2.24, 2.45) is 11.8 Å². The second kappa shape index (κ2) is 9.95. The van der Waals surface area contributed by atoms with Crippen LogP contribution in [-0.2, 0) is 6.42 Å². The fraction of sp³-hybridized carbons (Fsp3) is 0.381. The smallest absolute Gasteiger partial charge is 0.345 e. The molecule has 0 aromatic carbocycles. The van der Waals surface area contributed by atoms with Gasteiger partial charge in [-0.2, -0.15) is 0 Å². The van der Waals surface area contributed by atoms with E-state index in [1.54, 1.807) is 18.2 Å². The summed E-state index contributed by atoms with van der Waals surface area (Å²) in [5.41, 5.74) is 0.843. The number of carbonyl (C=O) groups is 1. The van der Waals surface area contributed by atoms with Crippen molar-refractivity contribution in [3.8, 4) is 0 Å². The number of thiophene rings is 1. The maximum atomic E-state index is 11.0. The SMILES string of the molecule is [C-]#[N+][C@@H]1C[C@@H](Cl)[C@H](CCCc2ccc(C(=O)O)s2)[C@H]1C=Cc1cc(Cl)nc(Cl)c1. The molecule has 152 valence electrons. The van der Waals surface area contributed by atoms with E-state index in [4.69, 9.17) is 46.5 Å². The van der Waals surface area contributed by atoms with Gasteiger partial charge in [0.2, 0.25) is 6.04 Å². The van der Waals surface area contributed by atoms with E-state index in [-0.39, 0.29) is 23.3 Å². The van der Waals surface area contributed by atoms with Crippen LogP contribution in [0.5, 0.6) is 0 Å². The molecule has 4 atom stereocenters. The van der Waals surface area contributed by atoms with Gasteiger partial charge in [0.1, 0.15) is 15.2 Å². The second-order valence-corrected chi connectivity index (χ2v) is 9.56. The van der Waals surface area contributed by atoms with Gasteiger partial charge in [0.15, 0.2) is 0 Å². The lowest BCUT2D eigenvalue weighted by Crippen LogP contribution is -2.17. The number of rotatable bonds is 7. The van der Waals surface area contributed by atoms with E-state index >= 15 is 0 Å². The first-order valence-electron chi connectivity index (χ1n) is 9.21. The molecule has 2 aromatic rings. The molecule has 2 heterocycles. The van der Waals surface area contributed by atoms with Crippen molar-refractivity contribution in [1.29, 1.82) is 0 Å². The number of aromatic nitrogens is 1. The van der Waals surface area contributed by atoms with Crippen LogP contribution in [0.15, 0.2) is 30.3 Å². The van der Waals surface area contributed by atoms with E-state index in [2.05, 4.69) is 9.83 Å². The second-order valence-electron chi connectivity index (χ2n) is 7.06. The Hall–Kier alpha value is -1.58. The number of aryl methyl sites for hydroxylation is 1. The van der Waals surface area contributed by atoms with Crippen molar-refractivity contribution < 1.29 is 9.90 Å². The molecule has 0 saturated heterocycles. The number of aromatic carboxylic acids is 1. The number of pyridine rings is 1. The number of alkyl halides is 1. The molecule has 0 amide bonds. The van der Waals surface area contributed by atoms with Crippen LogP contribution in [0.25, 0.3) is 10.9 Å². The molecule has 1 aliphatic rings. The molecular formula is C21H19Cl3N2O2S. The predicted molar refractivity (Wildman–Crippen MR) is 119 cm³/mol. The summed E-state index contributed by atoms with van der Waals surface area (Å²) in [7, 11) is 0. The van der Waals surface area contributed by atoms with Crippen LogP contribution in [0.1, 0.15) is 39.4 Å². The average Bonchev–Trinajstić information content (AvgIpc) is 3.24. The number of carboxylic acids is 1. The molecule has 0 spiro atoms. The van der Waals surface area contributed by atoms with Gasteiger partial charge >= 0.3 is 5.97 Å². The molecule has 1 N–H and O–H groups in total. The molecule has 4 nitrogen and oxygen atoms in total. The van der Waals surface area contributed by atoms with Gasteiger partial charge in [0, 0.05) is 16.7 Å². The van der Waals surface area contributed by atoms with E-state index in [0.29, 0.717) is 21.6 Å². The Kier molecular flexibility index (Phi) is 7.59. The van der Waals surface area contributed by atoms with E-state index in [0.717, 1.165) is 29.7 Å². The summed E-state index contributed by atoms with van der Waals surface area (Å²) in [6, 6.07) is 6.84. The summed E-state index contributed by atoms with van der Waals surface area (Å²) >= 11 is 19.8. The minimum Gasteiger partial charge on any atom is -0.477 e. The number of carboxylic acid groups (broad SMARTS) is 1. The topological polar surface area (TPSA) is 54.5 Å². The zero-order valence-electron chi connectivity index (χ0n) is 15.4. The first-order chi connectivity index (χ1) is 13.9. The maximum Gasteiger partial charge on any atom is 0.345 e. The highest BCUT2D eigenvalue weighted by Gasteiger charge is 2.44. The fourth-order valence-corrected chi connectivity index (χ4v) is 5.66. The van der Waals surface area contributed by atoms with Gasteiger partial charge in [0.05, 0.1) is 5.92 Å². The first-order valence-corrected chi connectivity index (χ1v) is 11.2. The Labute approximate surface area is 189 Å². The zero-order chi connectivity index (χ0) is 21.0. The van der Waals surface area contributed by atoms with Crippen LogP contribution in [0.4, 0.5) is 0 Å². The Morgan fingerprint density at radius 2 is 2.07 bits per heavy atom. The van der Waals surface area contributed by atoms with Gasteiger partial charge in [-0.15, -0.1) is 22.9 Å². The summed E-state index contributed by atoms with van der Waals surface area (Å²) in [5.74, 6) is -0.642. The zero-order valence-corrected chi connectivity index (χ0v) is 18.5. The van der Waals surface area contributed by atoms with E-state index in [9.17, 15) is 4.79 Å². The molecule has 1 aliphatic carbocycles. The van der Waals surface area contributed by atoms with Crippen molar-refractivity contribution >= 4 is 58.2 Å². The summed E-state index contributed by atoms with van der Waals surface area (Å²) in [6.07, 6.45) is 7.24. The third-order valence-corrected chi connectivity index (χ3v) is 7.19. The minimum atomic E-state index is -0.890. The molecule has 1 fully saturated rings. The summed E-state index contributed by atoms with van der Waals surface area (Å²) in [6.45, 7) is 7.54. The van der Waals surface area contributed by atoms with E-state index in [1.807, 2.05) is 18.2 Å². The molecule has 0 unspecified atom stereocenters. The van der Waals surface area contributed by atoms with Crippen LogP contribution < -0.4 is 0 Å². The van der Waals surface area contributed by atoms with Crippen molar-refractivity contribution in [1.82, 2.24) is 4.98 Å². The molecule has 3 rings (SSSR count). The maximum absolute atomic E-state index is 11.0. The van der Waals surface area contributed by atoms with Crippen LogP contribution in [0, 0.1) is 18.4 Å². The lowest BCUT2D eigenvalue weighted by molar-refractivity contribution is 0.0702. The van der Waals surface area contributed by atoms with Gasteiger partial charge in [-0.3, -0.25) is 0 Å². The number of hydrogen-bond donors (Lipinski definition) is 1. The van der Waals surface area contributed by atoms with Crippen LogP contribution >= 0.6 is 46.1 Å². The normalized spacial score (nSPS) is 24.1. The monoisotopic (exact) mass is 468 g/mol. The first kappa shape index (κ1) is 22.1. The molecule has 0 aliphatic heterocycles. The van der Waals surface area contributed by atoms with Gasteiger partial charge in [-0.1, -0.05) is 35.4 Å². The van der Waals surface area contributed by atoms with Gasteiger partial charge < -0.3 is 9.95 Å². The third-order valence-electron chi connectivity index (χ3n) is 5.16. The van der Waals surface area contributed by atoms with Crippen molar-refractivity contribution in [3.05, 3.63) is 67.4 Å². The number of nitrogens with zero attached hydrogens (tertiary/aromatic N) is 2. The largest absolute Gasteiger partial charge is 0.477 e. The quantitative estimate of drug-likeness (QED) is 0.278.